The Morgan fingerprint density at radius 1 is 0.913 bits per heavy atom. The summed E-state index contributed by atoms with van der Waals surface area (Å²) in [5, 5.41) is 0.963. The van der Waals surface area contributed by atoms with E-state index in [2.05, 4.69) is 10.9 Å². The van der Waals surface area contributed by atoms with Gasteiger partial charge in [-0.3, -0.25) is 20.4 Å². The predicted octanol–water partition coefficient (Wildman–Crippen LogP) is 2.91. The first-order valence-corrected chi connectivity index (χ1v) is 7.04. The van der Waals surface area contributed by atoms with Crippen LogP contribution in [-0.2, 0) is 4.79 Å². The van der Waals surface area contributed by atoms with Crippen LogP contribution in [0.2, 0.25) is 0 Å². The molecule has 0 bridgehead atoms. The van der Waals surface area contributed by atoms with Gasteiger partial charge in [0, 0.05) is 17.0 Å². The monoisotopic (exact) mass is 306 g/mol. The number of amides is 2. The summed E-state index contributed by atoms with van der Waals surface area (Å²) in [4.78, 5) is 23.5. The van der Waals surface area contributed by atoms with Crippen LogP contribution >= 0.6 is 0 Å². The Balaban J connectivity index is 1.57. The molecule has 0 saturated carbocycles. The normalized spacial score (nSPS) is 10.8. The van der Waals surface area contributed by atoms with Crippen molar-refractivity contribution >= 4 is 28.9 Å². The summed E-state index contributed by atoms with van der Waals surface area (Å²) >= 11 is 0. The van der Waals surface area contributed by atoms with E-state index >= 15 is 0 Å². The van der Waals surface area contributed by atoms with Gasteiger partial charge in [0.25, 0.3) is 11.8 Å². The third-order valence-electron chi connectivity index (χ3n) is 3.18. The minimum Gasteiger partial charge on any atom is -0.457 e. The molecule has 5 nitrogen and oxygen atoms in total. The van der Waals surface area contributed by atoms with Crippen LogP contribution in [0.1, 0.15) is 16.1 Å². The second-order valence-electron chi connectivity index (χ2n) is 4.83. The fourth-order valence-electron chi connectivity index (χ4n) is 2.06. The van der Waals surface area contributed by atoms with Crippen LogP contribution < -0.4 is 10.9 Å². The number of carbonyl (C=O) groups excluding carboxylic acids is 2. The van der Waals surface area contributed by atoms with Crippen molar-refractivity contribution in [3.63, 3.8) is 0 Å². The summed E-state index contributed by atoms with van der Waals surface area (Å²) in [6.07, 6.45) is 2.84. The van der Waals surface area contributed by atoms with E-state index in [0.29, 0.717) is 11.3 Å². The molecule has 2 N–H and O–H groups in total. The Labute approximate surface area is 132 Å². The highest BCUT2D eigenvalue weighted by molar-refractivity contribution is 5.98. The molecule has 0 aliphatic carbocycles. The molecule has 0 unspecified atom stereocenters. The average Bonchev–Trinajstić information content (AvgIpc) is 3.01. The highest BCUT2D eigenvalue weighted by Gasteiger charge is 2.05. The van der Waals surface area contributed by atoms with Gasteiger partial charge in [-0.2, -0.15) is 0 Å². The Bertz CT molecular complexity index is 833. The second kappa shape index (κ2) is 6.62. The molecule has 1 heterocycles. The molecule has 0 saturated heterocycles. The molecular weight excluding hydrogens is 292 g/mol. The number of nitrogens with one attached hydrogen (secondary N) is 2. The molecule has 2 aromatic carbocycles. The molecule has 0 fully saturated rings. The van der Waals surface area contributed by atoms with Crippen molar-refractivity contribution < 1.29 is 14.0 Å². The smallest absolute Gasteiger partial charge is 0.269 e. The zero-order chi connectivity index (χ0) is 16.1. The highest BCUT2D eigenvalue weighted by Crippen LogP contribution is 2.19. The number of benzene rings is 2. The minimum atomic E-state index is -0.449. The van der Waals surface area contributed by atoms with E-state index in [1.807, 2.05) is 36.4 Å². The first-order valence-electron chi connectivity index (χ1n) is 7.04. The molecule has 0 aliphatic heterocycles. The highest BCUT2D eigenvalue weighted by atomic mass is 16.3. The number of hydrogen-bond acceptors (Lipinski definition) is 3. The largest absolute Gasteiger partial charge is 0.457 e. The Morgan fingerprint density at radius 2 is 1.65 bits per heavy atom. The van der Waals surface area contributed by atoms with Crippen molar-refractivity contribution in [2.24, 2.45) is 0 Å². The number of furan rings is 1. The number of hydrogen-bond donors (Lipinski definition) is 2. The van der Waals surface area contributed by atoms with Gasteiger partial charge in [0.15, 0.2) is 0 Å². The third-order valence-corrected chi connectivity index (χ3v) is 3.18. The van der Waals surface area contributed by atoms with E-state index in [-0.39, 0.29) is 5.91 Å². The molecule has 0 atom stereocenters. The lowest BCUT2D eigenvalue weighted by Gasteiger charge is -2.04. The molecule has 3 rings (SSSR count). The Morgan fingerprint density at radius 3 is 2.43 bits per heavy atom. The van der Waals surface area contributed by atoms with E-state index < -0.39 is 5.91 Å². The van der Waals surface area contributed by atoms with Crippen LogP contribution in [-0.4, -0.2) is 11.8 Å². The van der Waals surface area contributed by atoms with Gasteiger partial charge in [0.1, 0.15) is 11.3 Å². The van der Waals surface area contributed by atoms with Crippen molar-refractivity contribution in [1.82, 2.24) is 10.9 Å². The van der Waals surface area contributed by atoms with Crippen LogP contribution in [0.3, 0.4) is 0 Å². The van der Waals surface area contributed by atoms with Gasteiger partial charge in [-0.15, -0.1) is 0 Å². The van der Waals surface area contributed by atoms with Crippen molar-refractivity contribution in [3.05, 3.63) is 78.1 Å². The maximum Gasteiger partial charge on any atom is 0.269 e. The van der Waals surface area contributed by atoms with Gasteiger partial charge in [0.2, 0.25) is 0 Å². The molecule has 0 aliphatic rings. The predicted molar refractivity (Wildman–Crippen MR) is 87.3 cm³/mol. The molecule has 0 spiro atoms. The summed E-state index contributed by atoms with van der Waals surface area (Å²) in [7, 11) is 0. The number of fused-ring (bicyclic) bond motifs is 1. The minimum absolute atomic E-state index is 0.379. The van der Waals surface area contributed by atoms with Crippen molar-refractivity contribution in [1.29, 1.82) is 0 Å². The summed E-state index contributed by atoms with van der Waals surface area (Å²) < 4.78 is 5.56. The average molecular weight is 306 g/mol. The Kier molecular flexibility index (Phi) is 4.20. The lowest BCUT2D eigenvalue weighted by atomic mass is 10.2. The first kappa shape index (κ1) is 14.6. The summed E-state index contributed by atoms with van der Waals surface area (Å²) in [6, 6.07) is 18.0. The molecule has 1 aromatic heterocycles. The summed E-state index contributed by atoms with van der Waals surface area (Å²) in [6.45, 7) is 0. The lowest BCUT2D eigenvalue weighted by Crippen LogP contribution is -2.40. The Hall–Kier alpha value is -3.34. The molecule has 0 radical (unpaired) electrons. The van der Waals surface area contributed by atoms with Gasteiger partial charge in [-0.05, 0) is 30.3 Å². The lowest BCUT2D eigenvalue weighted by molar-refractivity contribution is -0.117. The summed E-state index contributed by atoms with van der Waals surface area (Å²) in [5.41, 5.74) is 5.88. The maximum absolute atomic E-state index is 11.8. The number of hydrazine groups is 1. The standard InChI is InChI=1S/C18H14N2O3/c21-17(19-20-18(22)13-6-2-1-3-7-13)11-10-15-12-14-8-4-5-9-16(14)23-15/h1-12H,(H,19,21)(H,20,22)/b11-10+. The molecule has 5 heteroatoms. The van der Waals surface area contributed by atoms with Crippen LogP contribution in [0.25, 0.3) is 17.0 Å². The van der Waals surface area contributed by atoms with Gasteiger partial charge < -0.3 is 4.42 Å². The maximum atomic E-state index is 11.8. The molecule has 114 valence electrons. The second-order valence-corrected chi connectivity index (χ2v) is 4.83. The third kappa shape index (κ3) is 3.65. The quantitative estimate of drug-likeness (QED) is 0.577. The molecule has 3 aromatic rings. The number of rotatable bonds is 3. The number of para-hydroxylation sites is 1. The van der Waals surface area contributed by atoms with Gasteiger partial charge in [-0.25, -0.2) is 0 Å². The van der Waals surface area contributed by atoms with Gasteiger partial charge in [0.05, 0.1) is 0 Å². The molecule has 2 amide bonds. The van der Waals surface area contributed by atoms with E-state index in [9.17, 15) is 9.59 Å². The fraction of sp³-hybridized carbons (Fsp3) is 0. The topological polar surface area (TPSA) is 71.3 Å². The fourth-order valence-corrected chi connectivity index (χ4v) is 2.06. The van der Waals surface area contributed by atoms with E-state index in [4.69, 9.17) is 4.42 Å². The zero-order valence-corrected chi connectivity index (χ0v) is 12.2. The first-order chi connectivity index (χ1) is 11.2. The van der Waals surface area contributed by atoms with Crippen molar-refractivity contribution in [2.45, 2.75) is 0 Å². The molecular formula is C18H14N2O3. The SMILES string of the molecule is O=C(/C=C/c1cc2ccccc2o1)NNC(=O)c1ccccc1. The van der Waals surface area contributed by atoms with Crippen LogP contribution in [0.5, 0.6) is 0 Å². The zero-order valence-electron chi connectivity index (χ0n) is 12.2. The molecule has 23 heavy (non-hydrogen) atoms. The van der Waals surface area contributed by atoms with Gasteiger partial charge >= 0.3 is 0 Å². The van der Waals surface area contributed by atoms with Crippen LogP contribution in [0.4, 0.5) is 0 Å². The summed E-state index contributed by atoms with van der Waals surface area (Å²) in [5.74, 6) is -0.262. The van der Waals surface area contributed by atoms with E-state index in [1.165, 1.54) is 6.08 Å². The van der Waals surface area contributed by atoms with E-state index in [1.54, 1.807) is 30.3 Å². The van der Waals surface area contributed by atoms with Crippen LogP contribution in [0.15, 0.2) is 71.2 Å². The van der Waals surface area contributed by atoms with Gasteiger partial charge in [-0.1, -0.05) is 36.4 Å². The number of carbonyl (C=O) groups is 2. The van der Waals surface area contributed by atoms with Crippen molar-refractivity contribution in [2.75, 3.05) is 0 Å². The van der Waals surface area contributed by atoms with Crippen LogP contribution in [0, 0.1) is 0 Å². The van der Waals surface area contributed by atoms with Crippen molar-refractivity contribution in [3.8, 4) is 0 Å². The van der Waals surface area contributed by atoms with E-state index in [0.717, 1.165) is 11.0 Å².